The predicted molar refractivity (Wildman–Crippen MR) is 97.4 cm³/mol. The van der Waals surface area contributed by atoms with Gasteiger partial charge in [0.05, 0.1) is 12.6 Å². The highest BCUT2D eigenvalue weighted by Gasteiger charge is 2.46. The van der Waals surface area contributed by atoms with Gasteiger partial charge in [0.15, 0.2) is 0 Å². The lowest BCUT2D eigenvalue weighted by Gasteiger charge is -2.42. The fourth-order valence-electron chi connectivity index (χ4n) is 4.85. The summed E-state index contributed by atoms with van der Waals surface area (Å²) >= 11 is 0. The van der Waals surface area contributed by atoms with Crippen molar-refractivity contribution < 1.29 is 9.53 Å². The smallest absolute Gasteiger partial charge is 0.410 e. The number of benzene rings is 1. The van der Waals surface area contributed by atoms with Crippen LogP contribution in [-0.2, 0) is 11.2 Å². The molecule has 2 aliphatic heterocycles. The average molecular weight is 334 g/mol. The Morgan fingerprint density at radius 1 is 1.28 bits per heavy atom. The first-order valence-corrected chi connectivity index (χ1v) is 9.18. The highest BCUT2D eigenvalue weighted by molar-refractivity contribution is 5.74. The first-order chi connectivity index (χ1) is 12.3. The van der Waals surface area contributed by atoms with Gasteiger partial charge in [0.2, 0.25) is 0 Å². The van der Waals surface area contributed by atoms with Crippen LogP contribution >= 0.6 is 0 Å². The monoisotopic (exact) mass is 334 g/mol. The topological polar surface area (TPSA) is 32.8 Å². The first-order valence-electron chi connectivity index (χ1n) is 9.18. The zero-order chi connectivity index (χ0) is 17.0. The number of fused-ring (bicyclic) bond motifs is 2. The number of amides is 1. The predicted octanol–water partition coefficient (Wildman–Crippen LogP) is 3.66. The molecule has 25 heavy (non-hydrogen) atoms. The summed E-state index contributed by atoms with van der Waals surface area (Å²) in [5.74, 6) is 0.409. The quantitative estimate of drug-likeness (QED) is 0.786. The number of carbonyl (C=O) groups excluding carboxylic acids is 1. The van der Waals surface area contributed by atoms with E-state index in [0.717, 1.165) is 19.4 Å². The van der Waals surface area contributed by atoms with Crippen LogP contribution in [0, 0.1) is 5.92 Å². The fourth-order valence-corrected chi connectivity index (χ4v) is 4.85. The van der Waals surface area contributed by atoms with Gasteiger partial charge in [-0.25, -0.2) is 4.79 Å². The third kappa shape index (κ3) is 2.10. The van der Waals surface area contributed by atoms with Crippen LogP contribution in [0.3, 0.4) is 0 Å². The molecule has 4 nitrogen and oxygen atoms in total. The number of carbonyl (C=O) groups is 1. The average Bonchev–Trinajstić information content (AvgIpc) is 2.95. The minimum atomic E-state index is -0.175. The maximum atomic E-state index is 12.5. The van der Waals surface area contributed by atoms with Crippen molar-refractivity contribution in [1.82, 2.24) is 4.90 Å². The van der Waals surface area contributed by atoms with Gasteiger partial charge >= 0.3 is 6.09 Å². The van der Waals surface area contributed by atoms with Crippen LogP contribution < -0.4 is 4.90 Å². The number of allylic oxidation sites excluding steroid dienone is 5. The van der Waals surface area contributed by atoms with E-state index in [1.54, 1.807) is 0 Å². The summed E-state index contributed by atoms with van der Waals surface area (Å²) in [4.78, 5) is 16.9. The van der Waals surface area contributed by atoms with Crippen LogP contribution in [0.25, 0.3) is 0 Å². The van der Waals surface area contributed by atoms with Crippen molar-refractivity contribution in [2.75, 3.05) is 24.6 Å². The van der Waals surface area contributed by atoms with Crippen LogP contribution in [-0.4, -0.2) is 36.7 Å². The number of hydrogen-bond acceptors (Lipinski definition) is 3. The maximum absolute atomic E-state index is 12.5. The highest BCUT2D eigenvalue weighted by Crippen LogP contribution is 2.49. The van der Waals surface area contributed by atoms with Crippen LogP contribution in [0.5, 0.6) is 0 Å². The van der Waals surface area contributed by atoms with Crippen LogP contribution in [0.4, 0.5) is 10.5 Å². The number of para-hydroxylation sites is 1. The Balaban J connectivity index is 1.66. The minimum Gasteiger partial charge on any atom is -0.450 e. The molecule has 2 heterocycles. The highest BCUT2D eigenvalue weighted by atomic mass is 16.6. The van der Waals surface area contributed by atoms with E-state index in [0.29, 0.717) is 19.1 Å². The van der Waals surface area contributed by atoms with Crippen molar-refractivity contribution in [2.45, 2.75) is 25.8 Å². The normalized spacial score (nSPS) is 26.0. The number of nitrogens with zero attached hydrogens (tertiary/aromatic N) is 2. The molecule has 0 radical (unpaired) electrons. The largest absolute Gasteiger partial charge is 0.450 e. The van der Waals surface area contributed by atoms with Crippen LogP contribution in [0.1, 0.15) is 18.9 Å². The molecule has 0 N–H and O–H groups in total. The molecule has 1 amide bonds. The van der Waals surface area contributed by atoms with Crippen molar-refractivity contribution in [1.29, 1.82) is 0 Å². The molecule has 4 aliphatic rings. The second kappa shape index (κ2) is 5.51. The Morgan fingerprint density at radius 2 is 2.16 bits per heavy atom. The van der Waals surface area contributed by atoms with Crippen molar-refractivity contribution >= 4 is 11.8 Å². The van der Waals surface area contributed by atoms with Gasteiger partial charge in [-0.1, -0.05) is 36.4 Å². The summed E-state index contributed by atoms with van der Waals surface area (Å²) in [5.41, 5.74) is 6.85. The Bertz CT molecular complexity index is 836. The molecule has 2 aliphatic carbocycles. The Labute approximate surface area is 148 Å². The Morgan fingerprint density at radius 3 is 3.04 bits per heavy atom. The summed E-state index contributed by atoms with van der Waals surface area (Å²) in [6.45, 7) is 3.84. The molecule has 128 valence electrons. The number of piperazine rings is 1. The SMILES string of the molecule is CCOC(=O)N1CCN2C3=C4C(=CC=C[C@@H]4C[C@H]31)Cc1ccccc12. The molecule has 1 fully saturated rings. The van der Waals surface area contributed by atoms with E-state index in [1.807, 2.05) is 11.8 Å². The Hall–Kier alpha value is -2.49. The molecule has 0 unspecified atom stereocenters. The number of hydrogen-bond donors (Lipinski definition) is 0. The summed E-state index contributed by atoms with van der Waals surface area (Å²) < 4.78 is 5.34. The lowest BCUT2D eigenvalue weighted by atomic mass is 9.87. The second-order valence-electron chi connectivity index (χ2n) is 7.08. The number of rotatable bonds is 1. The Kier molecular flexibility index (Phi) is 3.27. The minimum absolute atomic E-state index is 0.116. The first kappa shape index (κ1) is 14.8. The molecular weight excluding hydrogens is 312 g/mol. The van der Waals surface area contributed by atoms with E-state index >= 15 is 0 Å². The zero-order valence-corrected chi connectivity index (χ0v) is 14.4. The van der Waals surface area contributed by atoms with Gasteiger partial charge in [0, 0.05) is 30.4 Å². The van der Waals surface area contributed by atoms with Crippen molar-refractivity contribution in [3.63, 3.8) is 0 Å². The molecule has 1 aromatic rings. The molecule has 4 heteroatoms. The van der Waals surface area contributed by atoms with E-state index in [1.165, 1.54) is 28.1 Å². The van der Waals surface area contributed by atoms with Crippen molar-refractivity contribution in [3.05, 3.63) is 64.9 Å². The molecule has 0 spiro atoms. The lowest BCUT2D eigenvalue weighted by Crippen LogP contribution is -2.53. The van der Waals surface area contributed by atoms with Gasteiger partial charge in [0.1, 0.15) is 0 Å². The molecule has 1 aromatic carbocycles. The van der Waals surface area contributed by atoms with E-state index < -0.39 is 0 Å². The third-order valence-corrected chi connectivity index (χ3v) is 5.82. The van der Waals surface area contributed by atoms with Gasteiger partial charge in [-0.2, -0.15) is 0 Å². The number of ether oxygens (including phenoxy) is 1. The molecule has 0 aromatic heterocycles. The molecule has 2 atom stereocenters. The fraction of sp³-hybridized carbons (Fsp3) is 0.381. The summed E-state index contributed by atoms with van der Waals surface area (Å²) in [5, 5.41) is 0. The van der Waals surface area contributed by atoms with Gasteiger partial charge in [-0.05, 0) is 42.5 Å². The second-order valence-corrected chi connectivity index (χ2v) is 7.08. The summed E-state index contributed by atoms with van der Waals surface area (Å²) in [6.07, 6.45) is 8.50. The summed E-state index contributed by atoms with van der Waals surface area (Å²) in [7, 11) is 0. The molecule has 5 rings (SSSR count). The van der Waals surface area contributed by atoms with E-state index in [4.69, 9.17) is 4.74 Å². The van der Waals surface area contributed by atoms with Gasteiger partial charge in [-0.3, -0.25) is 4.90 Å². The van der Waals surface area contributed by atoms with Crippen LogP contribution in [0.15, 0.2) is 59.3 Å². The van der Waals surface area contributed by atoms with Crippen molar-refractivity contribution in [2.24, 2.45) is 5.92 Å². The van der Waals surface area contributed by atoms with Gasteiger partial charge in [0.25, 0.3) is 0 Å². The molecule has 1 saturated heterocycles. The van der Waals surface area contributed by atoms with E-state index in [2.05, 4.69) is 47.4 Å². The van der Waals surface area contributed by atoms with E-state index in [-0.39, 0.29) is 12.1 Å². The summed E-state index contributed by atoms with van der Waals surface area (Å²) in [6, 6.07) is 8.81. The van der Waals surface area contributed by atoms with Crippen LogP contribution in [0.2, 0.25) is 0 Å². The molecular formula is C21H22N2O2. The van der Waals surface area contributed by atoms with Gasteiger partial charge < -0.3 is 9.64 Å². The van der Waals surface area contributed by atoms with E-state index in [9.17, 15) is 4.79 Å². The number of anilines is 1. The van der Waals surface area contributed by atoms with Gasteiger partial charge in [-0.15, -0.1) is 0 Å². The maximum Gasteiger partial charge on any atom is 0.410 e. The third-order valence-electron chi connectivity index (χ3n) is 5.82. The standard InChI is InChI=1S/C21H22N2O2/c1-2-25-21(24)23-11-10-22-17-9-4-3-6-14(17)12-15-7-5-8-16-13-18(23)20(22)19(15)16/h3-9,16,18H,2,10-13H2,1H3/t16-,18-/m1/s1. The molecule has 0 bridgehead atoms. The zero-order valence-electron chi connectivity index (χ0n) is 14.4. The lowest BCUT2D eigenvalue weighted by molar-refractivity contribution is 0.0915. The van der Waals surface area contributed by atoms with Crippen molar-refractivity contribution in [3.8, 4) is 0 Å². The molecule has 0 saturated carbocycles.